The van der Waals surface area contributed by atoms with E-state index in [1.165, 1.54) is 6.07 Å². The van der Waals surface area contributed by atoms with Crippen molar-refractivity contribution in [1.82, 2.24) is 13.6 Å². The Hall–Kier alpha value is -2.98. The SMILES string of the molecule is CCN(CC(=O)Nc1c(F)cccc1F)CC(=O)Nc1cccc2nsnc12. The molecule has 0 fully saturated rings. The molecule has 10 heteroatoms. The number of amides is 2. The molecule has 7 nitrogen and oxygen atoms in total. The van der Waals surface area contributed by atoms with E-state index < -0.39 is 23.2 Å². The van der Waals surface area contributed by atoms with Crippen LogP contribution >= 0.6 is 11.7 Å². The number of halogens is 2. The van der Waals surface area contributed by atoms with Gasteiger partial charge in [0.25, 0.3) is 0 Å². The van der Waals surface area contributed by atoms with Gasteiger partial charge in [0.1, 0.15) is 28.4 Å². The van der Waals surface area contributed by atoms with Gasteiger partial charge in [0.15, 0.2) is 0 Å². The number of nitrogens with one attached hydrogen (secondary N) is 2. The fraction of sp³-hybridized carbons (Fsp3) is 0.222. The molecule has 1 aromatic heterocycles. The van der Waals surface area contributed by atoms with Crippen molar-refractivity contribution in [1.29, 1.82) is 0 Å². The summed E-state index contributed by atoms with van der Waals surface area (Å²) in [5.41, 5.74) is 1.30. The van der Waals surface area contributed by atoms with E-state index in [1.807, 2.05) is 0 Å². The summed E-state index contributed by atoms with van der Waals surface area (Å²) in [4.78, 5) is 26.0. The summed E-state index contributed by atoms with van der Waals surface area (Å²) in [6.07, 6.45) is 0. The highest BCUT2D eigenvalue weighted by Crippen LogP contribution is 2.21. The van der Waals surface area contributed by atoms with E-state index in [0.29, 0.717) is 23.3 Å². The summed E-state index contributed by atoms with van der Waals surface area (Å²) in [7, 11) is 0. The first kappa shape index (κ1) is 19.8. The molecule has 1 heterocycles. The number of nitrogens with zero attached hydrogens (tertiary/aromatic N) is 3. The van der Waals surface area contributed by atoms with Crippen molar-refractivity contribution in [3.05, 3.63) is 48.0 Å². The maximum absolute atomic E-state index is 13.6. The van der Waals surface area contributed by atoms with E-state index in [0.717, 1.165) is 23.9 Å². The topological polar surface area (TPSA) is 87.2 Å². The first-order valence-electron chi connectivity index (χ1n) is 8.45. The van der Waals surface area contributed by atoms with Crippen LogP contribution in [0.1, 0.15) is 6.92 Å². The van der Waals surface area contributed by atoms with Crippen LogP contribution in [0.2, 0.25) is 0 Å². The lowest BCUT2D eigenvalue weighted by Crippen LogP contribution is -2.38. The van der Waals surface area contributed by atoms with Gasteiger partial charge in [-0.3, -0.25) is 14.5 Å². The highest BCUT2D eigenvalue weighted by Gasteiger charge is 2.17. The van der Waals surface area contributed by atoms with E-state index in [4.69, 9.17) is 0 Å². The number of likely N-dealkylation sites (N-methyl/N-ethyl adjacent to an activating group) is 1. The van der Waals surface area contributed by atoms with Gasteiger partial charge in [-0.1, -0.05) is 19.1 Å². The molecule has 0 atom stereocenters. The summed E-state index contributed by atoms with van der Waals surface area (Å²) in [5, 5.41) is 4.96. The van der Waals surface area contributed by atoms with Crippen LogP contribution in [-0.4, -0.2) is 45.1 Å². The third-order valence-electron chi connectivity index (χ3n) is 3.97. The molecule has 0 saturated carbocycles. The Morgan fingerprint density at radius 3 is 2.32 bits per heavy atom. The zero-order valence-electron chi connectivity index (χ0n) is 14.9. The minimum Gasteiger partial charge on any atom is -0.323 e. The maximum atomic E-state index is 13.6. The van der Waals surface area contributed by atoms with Gasteiger partial charge >= 0.3 is 0 Å². The maximum Gasteiger partial charge on any atom is 0.238 e. The molecule has 0 aliphatic carbocycles. The number of rotatable bonds is 7. The molecule has 3 aromatic rings. The Kier molecular flexibility index (Phi) is 6.22. The Bertz CT molecular complexity index is 990. The number of fused-ring (bicyclic) bond motifs is 1. The van der Waals surface area contributed by atoms with Crippen LogP contribution in [0.15, 0.2) is 36.4 Å². The standard InChI is InChI=1S/C18H17F2N5O2S/c1-2-25(10-16(27)22-17-11(19)5-3-6-12(17)20)9-15(26)21-13-7-4-8-14-18(13)24-28-23-14/h3-8H,2,9-10H2,1H3,(H,21,26)(H,22,27). The highest BCUT2D eigenvalue weighted by atomic mass is 32.1. The zero-order valence-corrected chi connectivity index (χ0v) is 15.7. The zero-order chi connectivity index (χ0) is 20.1. The van der Waals surface area contributed by atoms with Gasteiger partial charge in [-0.25, -0.2) is 8.78 Å². The third-order valence-corrected chi connectivity index (χ3v) is 4.51. The second-order valence-corrected chi connectivity index (χ2v) is 6.46. The van der Waals surface area contributed by atoms with Gasteiger partial charge in [-0.15, -0.1) is 0 Å². The fourth-order valence-corrected chi connectivity index (χ4v) is 3.13. The van der Waals surface area contributed by atoms with Crippen LogP contribution in [0, 0.1) is 11.6 Å². The first-order valence-corrected chi connectivity index (χ1v) is 9.18. The summed E-state index contributed by atoms with van der Waals surface area (Å²) >= 11 is 1.05. The van der Waals surface area contributed by atoms with E-state index >= 15 is 0 Å². The van der Waals surface area contributed by atoms with Crippen LogP contribution in [-0.2, 0) is 9.59 Å². The van der Waals surface area contributed by atoms with Gasteiger partial charge in [0, 0.05) is 0 Å². The van der Waals surface area contributed by atoms with Crippen LogP contribution in [0.5, 0.6) is 0 Å². The largest absolute Gasteiger partial charge is 0.323 e. The van der Waals surface area contributed by atoms with E-state index in [1.54, 1.807) is 30.0 Å². The minimum atomic E-state index is -0.862. The van der Waals surface area contributed by atoms with Crippen LogP contribution in [0.4, 0.5) is 20.2 Å². The molecule has 0 aliphatic heterocycles. The molecule has 0 saturated heterocycles. The lowest BCUT2D eigenvalue weighted by atomic mass is 10.2. The molecule has 2 amide bonds. The van der Waals surface area contributed by atoms with Crippen molar-refractivity contribution in [2.45, 2.75) is 6.92 Å². The lowest BCUT2D eigenvalue weighted by molar-refractivity contribution is -0.119. The van der Waals surface area contributed by atoms with E-state index in [2.05, 4.69) is 19.4 Å². The molecule has 2 N–H and O–H groups in total. The minimum absolute atomic E-state index is 0.0718. The molecule has 0 aliphatic rings. The van der Waals surface area contributed by atoms with Crippen molar-refractivity contribution >= 4 is 46.0 Å². The highest BCUT2D eigenvalue weighted by molar-refractivity contribution is 7.00. The average molecular weight is 405 g/mol. The smallest absolute Gasteiger partial charge is 0.238 e. The molecule has 0 spiro atoms. The van der Waals surface area contributed by atoms with Crippen molar-refractivity contribution in [3.63, 3.8) is 0 Å². The van der Waals surface area contributed by atoms with Crippen molar-refractivity contribution < 1.29 is 18.4 Å². The second kappa shape index (κ2) is 8.81. The molecule has 146 valence electrons. The quantitative estimate of drug-likeness (QED) is 0.631. The van der Waals surface area contributed by atoms with E-state index in [-0.39, 0.29) is 19.0 Å². The number of carbonyl (C=O) groups is 2. The summed E-state index contributed by atoms with van der Waals surface area (Å²) in [6.45, 7) is 1.90. The second-order valence-electron chi connectivity index (χ2n) is 5.93. The number of hydrogen-bond donors (Lipinski definition) is 2. The van der Waals surface area contributed by atoms with Gasteiger partial charge in [-0.2, -0.15) is 8.75 Å². The van der Waals surface area contributed by atoms with E-state index in [9.17, 15) is 18.4 Å². The Labute approximate surface area is 163 Å². The number of para-hydroxylation sites is 1. The molecular formula is C18H17F2N5O2S. The average Bonchev–Trinajstić information content (AvgIpc) is 3.14. The number of anilines is 2. The Morgan fingerprint density at radius 1 is 1.00 bits per heavy atom. The van der Waals surface area contributed by atoms with Crippen LogP contribution < -0.4 is 10.6 Å². The molecule has 0 radical (unpaired) electrons. The summed E-state index contributed by atoms with van der Waals surface area (Å²) < 4.78 is 35.5. The first-order chi connectivity index (χ1) is 13.5. The molecular weight excluding hydrogens is 388 g/mol. The lowest BCUT2D eigenvalue weighted by Gasteiger charge is -2.19. The molecule has 0 unspecified atom stereocenters. The number of benzene rings is 2. The van der Waals surface area contributed by atoms with Gasteiger partial charge in [0.05, 0.1) is 30.5 Å². The van der Waals surface area contributed by atoms with Gasteiger partial charge < -0.3 is 10.6 Å². The van der Waals surface area contributed by atoms with Crippen LogP contribution in [0.25, 0.3) is 11.0 Å². The molecule has 2 aromatic carbocycles. The Morgan fingerprint density at radius 2 is 1.64 bits per heavy atom. The third kappa shape index (κ3) is 4.65. The van der Waals surface area contributed by atoms with Gasteiger partial charge in [-0.05, 0) is 30.8 Å². The van der Waals surface area contributed by atoms with Crippen LogP contribution in [0.3, 0.4) is 0 Å². The predicted molar refractivity (Wildman–Crippen MR) is 103 cm³/mol. The Balaban J connectivity index is 1.60. The molecule has 0 bridgehead atoms. The number of hydrogen-bond acceptors (Lipinski definition) is 6. The predicted octanol–water partition coefficient (Wildman–Crippen LogP) is 2.87. The van der Waals surface area contributed by atoms with Crippen molar-refractivity contribution in [2.24, 2.45) is 0 Å². The van der Waals surface area contributed by atoms with Crippen molar-refractivity contribution in [2.75, 3.05) is 30.3 Å². The van der Waals surface area contributed by atoms with Gasteiger partial charge in [0.2, 0.25) is 11.8 Å². The molecule has 28 heavy (non-hydrogen) atoms. The normalized spacial score (nSPS) is 11.0. The monoisotopic (exact) mass is 405 g/mol. The molecule has 3 rings (SSSR count). The summed E-state index contributed by atoms with van der Waals surface area (Å²) in [6, 6.07) is 8.58. The summed E-state index contributed by atoms with van der Waals surface area (Å²) in [5.74, 6) is -2.69. The number of carbonyl (C=O) groups excluding carboxylic acids is 2. The number of aromatic nitrogens is 2. The fourth-order valence-electron chi connectivity index (χ4n) is 2.58. The van der Waals surface area contributed by atoms with Crippen molar-refractivity contribution in [3.8, 4) is 0 Å².